The van der Waals surface area contributed by atoms with Crippen LogP contribution in [0.5, 0.6) is 0 Å². The van der Waals surface area contributed by atoms with Crippen LogP contribution in [0.2, 0.25) is 0 Å². The number of amides is 4. The maximum absolute atomic E-state index is 13.7. The van der Waals surface area contributed by atoms with Gasteiger partial charge in [0.1, 0.15) is 17.6 Å². The summed E-state index contributed by atoms with van der Waals surface area (Å²) in [4.78, 5) is 43.7. The predicted molar refractivity (Wildman–Crippen MR) is 115 cm³/mol. The van der Waals surface area contributed by atoms with Gasteiger partial charge in [0.15, 0.2) is 0 Å². The third-order valence-electron chi connectivity index (χ3n) is 6.29. The minimum absolute atomic E-state index is 0.0815. The maximum Gasteiger partial charge on any atom is 0.332 e. The van der Waals surface area contributed by atoms with Crippen molar-refractivity contribution < 1.29 is 18.8 Å². The number of likely N-dealkylation sites (N-methyl/N-ethyl adjacent to an activating group) is 1. The third-order valence-corrected chi connectivity index (χ3v) is 7.38. The second kappa shape index (κ2) is 8.41. The number of nitrogens with zero attached hydrogens (tertiary/aromatic N) is 3. The van der Waals surface area contributed by atoms with Crippen molar-refractivity contribution >= 4 is 35.3 Å². The molecule has 6 nitrogen and oxygen atoms in total. The standard InChI is InChI=1S/C22H26FN3O3S/c1-14-12-16(8-9-17(14)23)26-21(28)20-18(10-11-30-20)25(22(26)29)13-19(27)24(2)15-6-4-3-5-7-15/h8-12,15,18,20H,3-7,13H2,1-2H3. The zero-order valence-electron chi connectivity index (χ0n) is 17.2. The Balaban J connectivity index is 1.58. The fourth-order valence-electron chi connectivity index (χ4n) is 4.45. The SMILES string of the molecule is Cc1cc(N2C(=O)C3SC=CC3N(CC(=O)N(C)C3CCCCC3)C2=O)ccc1F. The number of hydrogen-bond donors (Lipinski definition) is 0. The van der Waals surface area contributed by atoms with Crippen LogP contribution in [-0.4, -0.2) is 58.6 Å². The summed E-state index contributed by atoms with van der Waals surface area (Å²) in [5, 5.41) is 1.31. The third kappa shape index (κ3) is 3.73. The van der Waals surface area contributed by atoms with Gasteiger partial charge in [-0.05, 0) is 48.9 Å². The highest BCUT2D eigenvalue weighted by Gasteiger charge is 2.48. The Morgan fingerprint density at radius 1 is 1.23 bits per heavy atom. The number of benzene rings is 1. The molecule has 0 N–H and O–H groups in total. The van der Waals surface area contributed by atoms with Crippen molar-refractivity contribution in [1.29, 1.82) is 0 Å². The number of hydrogen-bond acceptors (Lipinski definition) is 4. The summed E-state index contributed by atoms with van der Waals surface area (Å²) in [7, 11) is 1.80. The minimum atomic E-state index is -0.537. The Labute approximate surface area is 180 Å². The number of carbonyl (C=O) groups is 3. The molecule has 4 rings (SSSR count). The van der Waals surface area contributed by atoms with Crippen molar-refractivity contribution in [3.63, 3.8) is 0 Å². The van der Waals surface area contributed by atoms with Gasteiger partial charge in [0, 0.05) is 13.1 Å². The lowest BCUT2D eigenvalue weighted by Crippen LogP contribution is -2.63. The van der Waals surface area contributed by atoms with E-state index in [2.05, 4.69) is 0 Å². The summed E-state index contributed by atoms with van der Waals surface area (Å²) < 4.78 is 13.7. The van der Waals surface area contributed by atoms with Crippen LogP contribution >= 0.6 is 11.8 Å². The number of fused-ring (bicyclic) bond motifs is 1. The Kier molecular flexibility index (Phi) is 5.86. The predicted octanol–water partition coefficient (Wildman–Crippen LogP) is 3.69. The van der Waals surface area contributed by atoms with E-state index < -0.39 is 23.1 Å². The number of rotatable bonds is 4. The van der Waals surface area contributed by atoms with Gasteiger partial charge in [0.25, 0.3) is 5.91 Å². The molecule has 1 saturated carbocycles. The second-order valence-corrected chi connectivity index (χ2v) is 9.24. The van der Waals surface area contributed by atoms with Gasteiger partial charge in [-0.25, -0.2) is 14.1 Å². The Morgan fingerprint density at radius 2 is 1.97 bits per heavy atom. The molecule has 2 aliphatic heterocycles. The lowest BCUT2D eigenvalue weighted by atomic mass is 9.94. The van der Waals surface area contributed by atoms with Crippen LogP contribution in [-0.2, 0) is 9.59 Å². The van der Waals surface area contributed by atoms with Gasteiger partial charge in [-0.3, -0.25) is 9.59 Å². The first-order valence-electron chi connectivity index (χ1n) is 10.4. The van der Waals surface area contributed by atoms with Crippen LogP contribution < -0.4 is 4.90 Å². The topological polar surface area (TPSA) is 60.9 Å². The van der Waals surface area contributed by atoms with E-state index in [9.17, 15) is 18.8 Å². The molecule has 2 atom stereocenters. The number of thioether (sulfide) groups is 1. The number of aryl methyl sites for hydroxylation is 1. The zero-order chi connectivity index (χ0) is 21.4. The van der Waals surface area contributed by atoms with Gasteiger partial charge in [-0.15, -0.1) is 11.8 Å². The zero-order valence-corrected chi connectivity index (χ0v) is 18.0. The van der Waals surface area contributed by atoms with Crippen molar-refractivity contribution in [2.45, 2.75) is 56.4 Å². The van der Waals surface area contributed by atoms with E-state index in [4.69, 9.17) is 0 Å². The van der Waals surface area contributed by atoms with Crippen LogP contribution in [0.15, 0.2) is 29.7 Å². The number of imide groups is 1. The number of carbonyl (C=O) groups excluding carboxylic acids is 3. The summed E-state index contributed by atoms with van der Waals surface area (Å²) in [5.41, 5.74) is 0.681. The lowest BCUT2D eigenvalue weighted by Gasteiger charge is -2.42. The molecule has 1 aliphatic carbocycles. The molecule has 30 heavy (non-hydrogen) atoms. The van der Waals surface area contributed by atoms with E-state index in [-0.39, 0.29) is 24.4 Å². The molecular formula is C22H26FN3O3S. The normalized spacial score (nSPS) is 24.4. The molecule has 1 aromatic rings. The summed E-state index contributed by atoms with van der Waals surface area (Å²) in [6, 6.07) is 3.39. The molecule has 2 unspecified atom stereocenters. The van der Waals surface area contributed by atoms with Gasteiger partial charge in [-0.1, -0.05) is 25.3 Å². The molecular weight excluding hydrogens is 405 g/mol. The fourth-order valence-corrected chi connectivity index (χ4v) is 5.49. The smallest absolute Gasteiger partial charge is 0.332 e. The number of anilines is 1. The Bertz CT molecular complexity index is 900. The maximum atomic E-state index is 13.7. The van der Waals surface area contributed by atoms with E-state index >= 15 is 0 Å². The molecule has 0 aromatic heterocycles. The summed E-state index contributed by atoms with van der Waals surface area (Å²) in [6.45, 7) is 1.51. The molecule has 8 heteroatoms. The largest absolute Gasteiger partial charge is 0.341 e. The van der Waals surface area contributed by atoms with Crippen LogP contribution in [0.3, 0.4) is 0 Å². The first kappa shape index (κ1) is 20.9. The molecule has 3 aliphatic rings. The number of halogens is 1. The molecule has 2 fully saturated rings. The van der Waals surface area contributed by atoms with Crippen molar-refractivity contribution in [2.24, 2.45) is 0 Å². The number of urea groups is 1. The van der Waals surface area contributed by atoms with Gasteiger partial charge in [0.05, 0.1) is 11.7 Å². The second-order valence-electron chi connectivity index (χ2n) is 8.19. The van der Waals surface area contributed by atoms with Gasteiger partial charge < -0.3 is 9.80 Å². The van der Waals surface area contributed by atoms with Crippen LogP contribution in [0.1, 0.15) is 37.7 Å². The van der Waals surface area contributed by atoms with Crippen LogP contribution in [0, 0.1) is 12.7 Å². The van der Waals surface area contributed by atoms with E-state index in [1.54, 1.807) is 18.9 Å². The van der Waals surface area contributed by atoms with Gasteiger partial charge in [-0.2, -0.15) is 0 Å². The van der Waals surface area contributed by atoms with E-state index in [1.807, 2.05) is 11.5 Å². The van der Waals surface area contributed by atoms with Crippen molar-refractivity contribution in [1.82, 2.24) is 9.80 Å². The summed E-state index contributed by atoms with van der Waals surface area (Å²) in [5.74, 6) is -0.856. The van der Waals surface area contributed by atoms with E-state index in [1.165, 1.54) is 41.3 Å². The van der Waals surface area contributed by atoms with Gasteiger partial charge >= 0.3 is 6.03 Å². The molecule has 0 spiro atoms. The highest BCUT2D eigenvalue weighted by Crippen LogP contribution is 2.36. The first-order valence-corrected chi connectivity index (χ1v) is 11.3. The summed E-state index contributed by atoms with van der Waals surface area (Å²) >= 11 is 1.34. The average molecular weight is 432 g/mol. The molecule has 1 aromatic carbocycles. The average Bonchev–Trinajstić information content (AvgIpc) is 3.24. The lowest BCUT2D eigenvalue weighted by molar-refractivity contribution is -0.134. The van der Waals surface area contributed by atoms with Crippen molar-refractivity contribution in [3.8, 4) is 0 Å². The van der Waals surface area contributed by atoms with Crippen LogP contribution in [0.25, 0.3) is 0 Å². The highest BCUT2D eigenvalue weighted by atomic mass is 32.2. The molecule has 2 heterocycles. The molecule has 160 valence electrons. The minimum Gasteiger partial charge on any atom is -0.341 e. The highest BCUT2D eigenvalue weighted by molar-refractivity contribution is 8.03. The Morgan fingerprint density at radius 3 is 2.67 bits per heavy atom. The monoisotopic (exact) mass is 431 g/mol. The molecule has 0 radical (unpaired) electrons. The molecule has 0 bridgehead atoms. The molecule has 4 amide bonds. The molecule has 1 saturated heterocycles. The quantitative estimate of drug-likeness (QED) is 0.730. The van der Waals surface area contributed by atoms with Crippen molar-refractivity contribution in [2.75, 3.05) is 18.5 Å². The van der Waals surface area contributed by atoms with E-state index in [0.29, 0.717) is 11.3 Å². The van der Waals surface area contributed by atoms with E-state index in [0.717, 1.165) is 30.6 Å². The fraction of sp³-hybridized carbons (Fsp3) is 0.500. The van der Waals surface area contributed by atoms with Crippen LogP contribution in [0.4, 0.5) is 14.9 Å². The first-order chi connectivity index (χ1) is 14.4. The van der Waals surface area contributed by atoms with Crippen molar-refractivity contribution in [3.05, 3.63) is 41.1 Å². The van der Waals surface area contributed by atoms with Gasteiger partial charge in [0.2, 0.25) is 5.91 Å². The Hall–Kier alpha value is -2.35. The summed E-state index contributed by atoms with van der Waals surface area (Å²) in [6.07, 6.45) is 7.20.